The smallest absolute Gasteiger partial charge is 0.475 e. The Morgan fingerprint density at radius 3 is 2.31 bits per heavy atom. The summed E-state index contributed by atoms with van der Waals surface area (Å²) in [6.45, 7) is 0.610. The minimum Gasteiger partial charge on any atom is -0.475 e. The second-order valence-electron chi connectivity index (χ2n) is 5.92. The lowest BCUT2D eigenvalue weighted by Gasteiger charge is -2.03. The van der Waals surface area contributed by atoms with Crippen LogP contribution in [0.4, 0.5) is 13.2 Å². The van der Waals surface area contributed by atoms with Crippen molar-refractivity contribution < 1.29 is 31.5 Å². The van der Waals surface area contributed by atoms with E-state index in [1.165, 1.54) is 0 Å². The number of alkyl halides is 3. The fourth-order valence-electron chi connectivity index (χ4n) is 2.41. The first kappa shape index (κ1) is 22.4. The third-order valence-electron chi connectivity index (χ3n) is 3.81. The van der Waals surface area contributed by atoms with E-state index in [-0.39, 0.29) is 9.92 Å². The highest BCUT2D eigenvalue weighted by Crippen LogP contribution is 2.27. The number of aromatic nitrogens is 2. The summed E-state index contributed by atoms with van der Waals surface area (Å²) < 4.78 is 57.2. The maximum atomic E-state index is 12.7. The standard InChI is InChI=1S/C16H17N3O2S.C2HF3O2/c17-10-4-5-12-8-9-15-14(11-12)16(19-18-15)22(20,21)13-6-2-1-3-7-13;3-2(4,5)1(6)7/h1-3,6-9,11H,4-5,10,17H2,(H,18,19);(H,6,7). The lowest BCUT2D eigenvalue weighted by molar-refractivity contribution is -0.192. The second kappa shape index (κ2) is 9.05. The number of carboxylic acid groups (broad SMARTS) is 1. The zero-order chi connectivity index (χ0) is 21.7. The van der Waals surface area contributed by atoms with Crippen molar-refractivity contribution >= 4 is 26.7 Å². The molecule has 0 spiro atoms. The molecule has 0 radical (unpaired) electrons. The first-order chi connectivity index (χ1) is 13.6. The van der Waals surface area contributed by atoms with Crippen LogP contribution < -0.4 is 5.73 Å². The SMILES string of the molecule is NCCCc1ccc2[nH]nc(S(=O)(=O)c3ccccc3)c2c1.O=C(O)C(F)(F)F. The number of aromatic amines is 1. The van der Waals surface area contributed by atoms with Gasteiger partial charge in [0.25, 0.3) is 0 Å². The number of sulfone groups is 1. The number of nitrogens with zero attached hydrogens (tertiary/aromatic N) is 1. The van der Waals surface area contributed by atoms with E-state index < -0.39 is 22.0 Å². The number of benzene rings is 2. The van der Waals surface area contributed by atoms with Gasteiger partial charge in [0.1, 0.15) is 0 Å². The van der Waals surface area contributed by atoms with E-state index >= 15 is 0 Å². The van der Waals surface area contributed by atoms with E-state index in [0.717, 1.165) is 18.4 Å². The Morgan fingerprint density at radius 2 is 1.76 bits per heavy atom. The van der Waals surface area contributed by atoms with Crippen LogP contribution in [0.2, 0.25) is 0 Å². The van der Waals surface area contributed by atoms with Gasteiger partial charge in [-0.3, -0.25) is 5.10 Å². The number of hydrogen-bond donors (Lipinski definition) is 3. The molecule has 1 heterocycles. The van der Waals surface area contributed by atoms with Gasteiger partial charge in [-0.15, -0.1) is 0 Å². The number of aliphatic carboxylic acids is 1. The monoisotopic (exact) mass is 429 g/mol. The fourth-order valence-corrected chi connectivity index (χ4v) is 3.78. The Bertz CT molecular complexity index is 1080. The molecule has 0 amide bonds. The lowest BCUT2D eigenvalue weighted by atomic mass is 10.1. The lowest BCUT2D eigenvalue weighted by Crippen LogP contribution is -2.21. The van der Waals surface area contributed by atoms with E-state index in [1.54, 1.807) is 30.3 Å². The van der Waals surface area contributed by atoms with Crippen LogP contribution in [0, 0.1) is 0 Å². The number of carbonyl (C=O) groups is 1. The molecular weight excluding hydrogens is 411 g/mol. The number of carboxylic acids is 1. The summed E-state index contributed by atoms with van der Waals surface area (Å²) in [5.74, 6) is -2.76. The molecule has 0 fully saturated rings. The Labute approximate surface area is 164 Å². The van der Waals surface area contributed by atoms with Crippen molar-refractivity contribution in [1.82, 2.24) is 10.2 Å². The van der Waals surface area contributed by atoms with Gasteiger partial charge in [0, 0.05) is 5.39 Å². The normalized spacial score (nSPS) is 11.7. The molecule has 0 bridgehead atoms. The molecule has 11 heteroatoms. The number of rotatable bonds is 5. The van der Waals surface area contributed by atoms with Crippen LogP contribution in [0.5, 0.6) is 0 Å². The van der Waals surface area contributed by atoms with Gasteiger partial charge in [0.15, 0.2) is 5.03 Å². The number of fused-ring (bicyclic) bond motifs is 1. The molecule has 0 atom stereocenters. The van der Waals surface area contributed by atoms with Crippen molar-refractivity contribution in [1.29, 1.82) is 0 Å². The zero-order valence-corrected chi connectivity index (χ0v) is 15.8. The van der Waals surface area contributed by atoms with E-state index in [4.69, 9.17) is 15.6 Å². The van der Waals surface area contributed by atoms with Crippen molar-refractivity contribution in [3.8, 4) is 0 Å². The quantitative estimate of drug-likeness (QED) is 0.573. The third-order valence-corrected chi connectivity index (χ3v) is 5.53. The number of nitrogens with two attached hydrogens (primary N) is 1. The van der Waals surface area contributed by atoms with Gasteiger partial charge < -0.3 is 10.8 Å². The van der Waals surface area contributed by atoms with Crippen molar-refractivity contribution in [3.05, 3.63) is 54.1 Å². The van der Waals surface area contributed by atoms with Crippen LogP contribution in [0.3, 0.4) is 0 Å². The Hall–Kier alpha value is -2.92. The molecule has 4 N–H and O–H groups in total. The molecule has 1 aromatic heterocycles. The van der Waals surface area contributed by atoms with Gasteiger partial charge in [0.05, 0.1) is 10.4 Å². The summed E-state index contributed by atoms with van der Waals surface area (Å²) in [5, 5.41) is 14.6. The first-order valence-electron chi connectivity index (χ1n) is 8.34. The largest absolute Gasteiger partial charge is 0.490 e. The van der Waals surface area contributed by atoms with Crippen LogP contribution >= 0.6 is 0 Å². The number of nitrogens with one attached hydrogen (secondary N) is 1. The topological polar surface area (TPSA) is 126 Å². The number of aryl methyl sites for hydroxylation is 1. The van der Waals surface area contributed by atoms with Gasteiger partial charge in [-0.05, 0) is 49.2 Å². The average Bonchev–Trinajstić information content (AvgIpc) is 3.11. The van der Waals surface area contributed by atoms with E-state index in [2.05, 4.69) is 10.2 Å². The second-order valence-corrected chi connectivity index (χ2v) is 7.79. The van der Waals surface area contributed by atoms with E-state index in [9.17, 15) is 21.6 Å². The van der Waals surface area contributed by atoms with Crippen molar-refractivity contribution in [3.63, 3.8) is 0 Å². The van der Waals surface area contributed by atoms with Gasteiger partial charge >= 0.3 is 12.1 Å². The van der Waals surface area contributed by atoms with E-state index in [1.807, 2.05) is 18.2 Å². The molecular formula is C18H18F3N3O4S. The molecule has 0 saturated heterocycles. The molecule has 0 unspecified atom stereocenters. The third kappa shape index (κ3) is 5.55. The van der Waals surface area contributed by atoms with Gasteiger partial charge in [-0.1, -0.05) is 24.3 Å². The highest BCUT2D eigenvalue weighted by Gasteiger charge is 2.38. The molecule has 156 valence electrons. The van der Waals surface area contributed by atoms with Crippen molar-refractivity contribution in [2.75, 3.05) is 6.54 Å². The summed E-state index contributed by atoms with van der Waals surface area (Å²) in [6, 6.07) is 14.1. The first-order valence-corrected chi connectivity index (χ1v) is 9.83. The van der Waals surface area contributed by atoms with Crippen LogP contribution in [0.15, 0.2) is 58.5 Å². The molecule has 0 aliphatic heterocycles. The van der Waals surface area contributed by atoms with Crippen molar-refractivity contribution in [2.24, 2.45) is 5.73 Å². The molecule has 29 heavy (non-hydrogen) atoms. The summed E-state index contributed by atoms with van der Waals surface area (Å²) in [7, 11) is -3.63. The molecule has 7 nitrogen and oxygen atoms in total. The number of H-pyrrole nitrogens is 1. The van der Waals surface area contributed by atoms with Crippen LogP contribution in [0.1, 0.15) is 12.0 Å². The highest BCUT2D eigenvalue weighted by atomic mass is 32.2. The number of hydrogen-bond acceptors (Lipinski definition) is 5. The van der Waals surface area contributed by atoms with Gasteiger partial charge in [-0.25, -0.2) is 13.2 Å². The molecule has 3 rings (SSSR count). The maximum absolute atomic E-state index is 12.7. The van der Waals surface area contributed by atoms with Crippen LogP contribution in [-0.4, -0.2) is 42.4 Å². The zero-order valence-electron chi connectivity index (χ0n) is 15.0. The van der Waals surface area contributed by atoms with Gasteiger partial charge in [0.2, 0.25) is 9.84 Å². The summed E-state index contributed by atoms with van der Waals surface area (Å²) in [6.07, 6.45) is -3.40. The number of halogens is 3. The summed E-state index contributed by atoms with van der Waals surface area (Å²) >= 11 is 0. The maximum Gasteiger partial charge on any atom is 0.490 e. The van der Waals surface area contributed by atoms with Crippen LogP contribution in [-0.2, 0) is 21.1 Å². The molecule has 3 aromatic rings. The summed E-state index contributed by atoms with van der Waals surface area (Å²) in [5.41, 5.74) is 7.30. The molecule has 2 aromatic carbocycles. The molecule has 0 saturated carbocycles. The minimum absolute atomic E-state index is 0.0725. The van der Waals surface area contributed by atoms with Gasteiger partial charge in [-0.2, -0.15) is 18.3 Å². The average molecular weight is 429 g/mol. The molecule has 0 aliphatic carbocycles. The predicted octanol–water partition coefficient (Wildman–Crippen LogP) is 2.92. The Balaban J connectivity index is 0.000000370. The highest BCUT2D eigenvalue weighted by molar-refractivity contribution is 7.91. The summed E-state index contributed by atoms with van der Waals surface area (Å²) in [4.78, 5) is 9.14. The van der Waals surface area contributed by atoms with Crippen LogP contribution in [0.25, 0.3) is 10.9 Å². The predicted molar refractivity (Wildman–Crippen MR) is 99.1 cm³/mol. The Kier molecular flexibility index (Phi) is 6.98. The molecule has 0 aliphatic rings. The fraction of sp³-hybridized carbons (Fsp3) is 0.222. The van der Waals surface area contributed by atoms with E-state index in [0.29, 0.717) is 17.4 Å². The Morgan fingerprint density at radius 1 is 1.14 bits per heavy atom. The van der Waals surface area contributed by atoms with Crippen molar-refractivity contribution in [2.45, 2.75) is 28.9 Å². The minimum atomic E-state index is -5.08.